The Hall–Kier alpha value is -1.14. The average Bonchev–Trinajstić information content (AvgIpc) is 2.24. The molecule has 0 aliphatic heterocycles. The Kier molecular flexibility index (Phi) is 7.49. The predicted octanol–water partition coefficient (Wildman–Crippen LogP) is -0.156. The van der Waals surface area contributed by atoms with Crippen LogP contribution in [-0.2, 0) is 9.59 Å². The van der Waals surface area contributed by atoms with Gasteiger partial charge in [-0.15, -0.1) is 0 Å². The molecular formula is C11H22N2O4. The SMILES string of the molecule is CCCCC[C@H](N)C(=O)N[C@H](C(=O)O)C(C)O. The topological polar surface area (TPSA) is 113 Å². The number of carboxylic acid groups (broad SMARTS) is 1. The molecule has 0 fully saturated rings. The van der Waals surface area contributed by atoms with Crippen molar-refractivity contribution in [2.24, 2.45) is 5.73 Å². The number of hydrogen-bond acceptors (Lipinski definition) is 4. The van der Waals surface area contributed by atoms with E-state index in [9.17, 15) is 14.7 Å². The lowest BCUT2D eigenvalue weighted by molar-refractivity contribution is -0.145. The highest BCUT2D eigenvalue weighted by Crippen LogP contribution is 2.03. The summed E-state index contributed by atoms with van der Waals surface area (Å²) in [6.07, 6.45) is 2.21. The lowest BCUT2D eigenvalue weighted by atomic mass is 10.1. The van der Waals surface area contributed by atoms with Gasteiger partial charge < -0.3 is 21.3 Å². The van der Waals surface area contributed by atoms with Crippen molar-refractivity contribution in [3.8, 4) is 0 Å². The zero-order valence-electron chi connectivity index (χ0n) is 10.3. The molecule has 0 radical (unpaired) electrons. The maximum absolute atomic E-state index is 11.5. The van der Waals surface area contributed by atoms with E-state index in [4.69, 9.17) is 10.8 Å². The molecule has 6 heteroatoms. The Balaban J connectivity index is 4.16. The molecule has 0 aromatic rings. The van der Waals surface area contributed by atoms with Crippen LogP contribution in [0.25, 0.3) is 0 Å². The fourth-order valence-corrected chi connectivity index (χ4v) is 1.39. The normalized spacial score (nSPS) is 16.0. The monoisotopic (exact) mass is 246 g/mol. The van der Waals surface area contributed by atoms with Crippen LogP contribution >= 0.6 is 0 Å². The van der Waals surface area contributed by atoms with Gasteiger partial charge in [0.05, 0.1) is 12.1 Å². The van der Waals surface area contributed by atoms with Crippen LogP contribution in [0.15, 0.2) is 0 Å². The molecule has 6 nitrogen and oxygen atoms in total. The zero-order valence-corrected chi connectivity index (χ0v) is 10.3. The summed E-state index contributed by atoms with van der Waals surface area (Å²) in [4.78, 5) is 22.3. The molecule has 3 atom stereocenters. The summed E-state index contributed by atoms with van der Waals surface area (Å²) in [7, 11) is 0. The number of nitrogens with two attached hydrogens (primary N) is 1. The quantitative estimate of drug-likeness (QED) is 0.445. The first-order valence-electron chi connectivity index (χ1n) is 5.87. The molecule has 100 valence electrons. The minimum absolute atomic E-state index is 0.520. The molecule has 0 aliphatic rings. The smallest absolute Gasteiger partial charge is 0.328 e. The number of amides is 1. The summed E-state index contributed by atoms with van der Waals surface area (Å²) < 4.78 is 0. The fourth-order valence-electron chi connectivity index (χ4n) is 1.39. The second kappa shape index (κ2) is 8.03. The van der Waals surface area contributed by atoms with Gasteiger partial charge in [-0.2, -0.15) is 0 Å². The minimum Gasteiger partial charge on any atom is -0.480 e. The van der Waals surface area contributed by atoms with Gasteiger partial charge in [-0.3, -0.25) is 4.79 Å². The summed E-state index contributed by atoms with van der Waals surface area (Å²) in [5.41, 5.74) is 5.62. The lowest BCUT2D eigenvalue weighted by Crippen LogP contribution is -2.52. The maximum atomic E-state index is 11.5. The number of carbonyl (C=O) groups is 2. The highest BCUT2D eigenvalue weighted by atomic mass is 16.4. The second-order valence-corrected chi connectivity index (χ2v) is 4.17. The van der Waals surface area contributed by atoms with Gasteiger partial charge in [0, 0.05) is 0 Å². The third-order valence-corrected chi connectivity index (χ3v) is 2.50. The Morgan fingerprint density at radius 3 is 2.35 bits per heavy atom. The Bertz CT molecular complexity index is 256. The molecule has 5 N–H and O–H groups in total. The van der Waals surface area contributed by atoms with Crippen LogP contribution in [0.4, 0.5) is 0 Å². The molecule has 17 heavy (non-hydrogen) atoms. The molecule has 0 saturated carbocycles. The van der Waals surface area contributed by atoms with Crippen molar-refractivity contribution in [3.63, 3.8) is 0 Å². The van der Waals surface area contributed by atoms with Crippen molar-refractivity contribution in [2.75, 3.05) is 0 Å². The van der Waals surface area contributed by atoms with Gasteiger partial charge in [0.2, 0.25) is 5.91 Å². The fraction of sp³-hybridized carbons (Fsp3) is 0.818. The number of aliphatic carboxylic acids is 1. The molecule has 0 bridgehead atoms. The van der Waals surface area contributed by atoms with E-state index in [-0.39, 0.29) is 0 Å². The van der Waals surface area contributed by atoms with Crippen molar-refractivity contribution in [2.45, 2.75) is 57.7 Å². The van der Waals surface area contributed by atoms with Crippen LogP contribution in [-0.4, -0.2) is 40.3 Å². The molecule has 1 amide bonds. The molecule has 1 unspecified atom stereocenters. The van der Waals surface area contributed by atoms with Crippen LogP contribution in [0.3, 0.4) is 0 Å². The summed E-state index contributed by atoms with van der Waals surface area (Å²) in [6, 6.07) is -2.03. The van der Waals surface area contributed by atoms with Gasteiger partial charge in [-0.05, 0) is 13.3 Å². The number of carboxylic acids is 1. The first kappa shape index (κ1) is 15.9. The van der Waals surface area contributed by atoms with E-state index < -0.39 is 30.1 Å². The predicted molar refractivity (Wildman–Crippen MR) is 63.4 cm³/mol. The first-order chi connectivity index (χ1) is 7.90. The molecule has 0 aromatic carbocycles. The molecule has 0 aromatic heterocycles. The Morgan fingerprint density at radius 1 is 1.35 bits per heavy atom. The Labute approximate surface area is 101 Å². The second-order valence-electron chi connectivity index (χ2n) is 4.17. The van der Waals surface area contributed by atoms with Crippen LogP contribution in [0.1, 0.15) is 39.5 Å². The minimum atomic E-state index is -1.31. The van der Waals surface area contributed by atoms with E-state index in [2.05, 4.69) is 5.32 Å². The van der Waals surface area contributed by atoms with Gasteiger partial charge in [-0.1, -0.05) is 26.2 Å². The summed E-state index contributed by atoms with van der Waals surface area (Å²) in [6.45, 7) is 3.35. The van der Waals surface area contributed by atoms with E-state index >= 15 is 0 Å². The molecule has 0 rings (SSSR count). The summed E-state index contributed by atoms with van der Waals surface area (Å²) in [5.74, 6) is -1.80. The summed E-state index contributed by atoms with van der Waals surface area (Å²) >= 11 is 0. The number of unbranched alkanes of at least 4 members (excludes halogenated alkanes) is 2. The first-order valence-corrected chi connectivity index (χ1v) is 5.87. The molecule has 0 aliphatic carbocycles. The Morgan fingerprint density at radius 2 is 1.94 bits per heavy atom. The van der Waals surface area contributed by atoms with Crippen LogP contribution in [0.5, 0.6) is 0 Å². The van der Waals surface area contributed by atoms with Crippen molar-refractivity contribution in [1.82, 2.24) is 5.32 Å². The third kappa shape index (κ3) is 6.23. The third-order valence-electron chi connectivity index (χ3n) is 2.50. The van der Waals surface area contributed by atoms with Gasteiger partial charge >= 0.3 is 5.97 Å². The van der Waals surface area contributed by atoms with Gasteiger partial charge in [0.15, 0.2) is 6.04 Å². The van der Waals surface area contributed by atoms with Gasteiger partial charge in [0.25, 0.3) is 0 Å². The highest BCUT2D eigenvalue weighted by Gasteiger charge is 2.26. The number of hydrogen-bond donors (Lipinski definition) is 4. The maximum Gasteiger partial charge on any atom is 0.328 e. The lowest BCUT2D eigenvalue weighted by Gasteiger charge is -2.19. The van der Waals surface area contributed by atoms with E-state index in [1.54, 1.807) is 0 Å². The standard InChI is InChI=1S/C11H22N2O4/c1-3-4-5-6-8(12)10(15)13-9(7(2)14)11(16)17/h7-9,14H,3-6,12H2,1-2H3,(H,13,15)(H,16,17)/t7?,8-,9-/m0/s1. The number of nitrogens with one attached hydrogen (secondary N) is 1. The zero-order chi connectivity index (χ0) is 13.4. The molecule has 0 heterocycles. The molecule has 0 saturated heterocycles. The number of aliphatic hydroxyl groups excluding tert-OH is 1. The highest BCUT2D eigenvalue weighted by molar-refractivity contribution is 5.87. The van der Waals surface area contributed by atoms with Crippen molar-refractivity contribution in [3.05, 3.63) is 0 Å². The van der Waals surface area contributed by atoms with Crippen LogP contribution in [0, 0.1) is 0 Å². The number of aliphatic hydroxyl groups is 1. The van der Waals surface area contributed by atoms with Crippen LogP contribution < -0.4 is 11.1 Å². The average molecular weight is 246 g/mol. The molecular weight excluding hydrogens is 224 g/mol. The van der Waals surface area contributed by atoms with Gasteiger partial charge in [0.1, 0.15) is 0 Å². The van der Waals surface area contributed by atoms with E-state index in [1.807, 2.05) is 6.92 Å². The largest absolute Gasteiger partial charge is 0.480 e. The van der Waals surface area contributed by atoms with E-state index in [0.717, 1.165) is 19.3 Å². The van der Waals surface area contributed by atoms with Crippen LogP contribution in [0.2, 0.25) is 0 Å². The molecule has 0 spiro atoms. The van der Waals surface area contributed by atoms with Gasteiger partial charge in [-0.25, -0.2) is 4.79 Å². The number of carbonyl (C=O) groups excluding carboxylic acids is 1. The number of rotatable bonds is 8. The van der Waals surface area contributed by atoms with Crippen molar-refractivity contribution >= 4 is 11.9 Å². The van der Waals surface area contributed by atoms with E-state index in [1.165, 1.54) is 6.92 Å². The summed E-state index contributed by atoms with van der Waals surface area (Å²) in [5, 5.41) is 20.2. The van der Waals surface area contributed by atoms with Crippen molar-refractivity contribution in [1.29, 1.82) is 0 Å². The van der Waals surface area contributed by atoms with E-state index in [0.29, 0.717) is 6.42 Å². The van der Waals surface area contributed by atoms with Crippen molar-refractivity contribution < 1.29 is 19.8 Å².